The van der Waals surface area contributed by atoms with E-state index in [4.69, 9.17) is 4.99 Å². The van der Waals surface area contributed by atoms with Crippen LogP contribution in [0.15, 0.2) is 83.4 Å². The molecule has 5 rings (SSSR count). The Morgan fingerprint density at radius 3 is 2.10 bits per heavy atom. The van der Waals surface area contributed by atoms with Crippen molar-refractivity contribution in [3.05, 3.63) is 112 Å². The summed E-state index contributed by atoms with van der Waals surface area (Å²) in [5.74, 6) is 0. The molecule has 0 spiro atoms. The Hall–Kier alpha value is -4.25. The van der Waals surface area contributed by atoms with Gasteiger partial charge < -0.3 is 4.48 Å². The molecule has 5 heterocycles. The van der Waals surface area contributed by atoms with Gasteiger partial charge >= 0.3 is 7.40 Å². The largest absolute Gasteiger partial charge is 0.677 e. The van der Waals surface area contributed by atoms with E-state index in [0.717, 1.165) is 38.4 Å². The zero-order chi connectivity index (χ0) is 28.2. The third-order valence-corrected chi connectivity index (χ3v) is 6.79. The first-order valence-electron chi connectivity index (χ1n) is 13.1. The maximum atomic E-state index is 14.2. The summed E-state index contributed by atoms with van der Waals surface area (Å²) in [5, 5.41) is 8.82. The molecule has 0 radical (unpaired) electrons. The Balaban J connectivity index is 1.45. The van der Waals surface area contributed by atoms with Gasteiger partial charge in [-0.15, -0.1) is 5.10 Å². The van der Waals surface area contributed by atoms with Crippen molar-refractivity contribution >= 4 is 18.7 Å². The number of aliphatic imine (C=N–C) groups is 1. The van der Waals surface area contributed by atoms with Gasteiger partial charge in [0.1, 0.15) is 0 Å². The van der Waals surface area contributed by atoms with Crippen LogP contribution in [0.2, 0.25) is 0 Å². The number of allylic oxidation sites excluding steroid dienone is 3. The molecule has 0 N–H and O–H groups in total. The van der Waals surface area contributed by atoms with E-state index >= 15 is 0 Å². The van der Waals surface area contributed by atoms with Crippen molar-refractivity contribution in [2.45, 2.75) is 53.9 Å². The highest BCUT2D eigenvalue weighted by atomic mass is 19.2. The number of halogens is 2. The minimum Gasteiger partial charge on any atom is -0.329 e. The van der Waals surface area contributed by atoms with Gasteiger partial charge in [-0.2, -0.15) is 0 Å². The van der Waals surface area contributed by atoms with Crippen LogP contribution in [0.1, 0.15) is 47.9 Å². The SMILES string of the molecule is CC1=CC(C)=N/C1=C(/Cn1cc(CN(Cc2ccccn2)Cc2ccccn2)nn1)c1c(C)cc(C)n1B(F)F. The number of hydrogen-bond acceptors (Lipinski definition) is 6. The number of aromatic nitrogens is 6. The molecule has 4 aromatic heterocycles. The van der Waals surface area contributed by atoms with E-state index in [9.17, 15) is 8.63 Å². The summed E-state index contributed by atoms with van der Waals surface area (Å²) in [7, 11) is -2.67. The lowest BCUT2D eigenvalue weighted by Crippen LogP contribution is -2.23. The molecular formula is C29H31BF2N8. The molecule has 4 aromatic rings. The Kier molecular flexibility index (Phi) is 8.11. The fourth-order valence-electron chi connectivity index (χ4n) is 5.19. The summed E-state index contributed by atoms with van der Waals surface area (Å²) < 4.78 is 31.2. The highest BCUT2D eigenvalue weighted by molar-refractivity contribution is 6.41. The van der Waals surface area contributed by atoms with Crippen molar-refractivity contribution in [2.75, 3.05) is 0 Å². The molecular weight excluding hydrogens is 509 g/mol. The number of hydrogen-bond donors (Lipinski definition) is 0. The average Bonchev–Trinajstić information content (AvgIpc) is 3.59. The van der Waals surface area contributed by atoms with Crippen LogP contribution in [0.25, 0.3) is 5.57 Å². The molecule has 0 unspecified atom stereocenters. The van der Waals surface area contributed by atoms with E-state index in [1.165, 1.54) is 0 Å². The van der Waals surface area contributed by atoms with Crippen LogP contribution in [0.3, 0.4) is 0 Å². The molecule has 0 atom stereocenters. The van der Waals surface area contributed by atoms with Gasteiger partial charge in [-0.3, -0.25) is 28.5 Å². The Labute approximate surface area is 233 Å². The van der Waals surface area contributed by atoms with E-state index in [1.807, 2.05) is 69.4 Å². The fourth-order valence-corrected chi connectivity index (χ4v) is 5.19. The molecule has 0 amide bonds. The van der Waals surface area contributed by atoms with Gasteiger partial charge in [0.05, 0.1) is 35.5 Å². The molecule has 40 heavy (non-hydrogen) atoms. The minimum absolute atomic E-state index is 0.252. The topological polar surface area (TPSA) is 77.0 Å². The van der Waals surface area contributed by atoms with Gasteiger partial charge in [0.2, 0.25) is 0 Å². The second kappa shape index (κ2) is 11.9. The normalized spacial score (nSPS) is 14.5. The van der Waals surface area contributed by atoms with Crippen molar-refractivity contribution < 1.29 is 8.63 Å². The van der Waals surface area contributed by atoms with Crippen LogP contribution < -0.4 is 0 Å². The highest BCUT2D eigenvalue weighted by Gasteiger charge is 2.29. The molecule has 0 fully saturated rings. The second-order valence-electron chi connectivity index (χ2n) is 10.1. The smallest absolute Gasteiger partial charge is 0.329 e. The predicted octanol–water partition coefficient (Wildman–Crippen LogP) is 5.29. The molecule has 1 aliphatic heterocycles. The summed E-state index contributed by atoms with van der Waals surface area (Å²) in [5.41, 5.74) is 7.53. The molecule has 0 aromatic carbocycles. The van der Waals surface area contributed by atoms with Crippen molar-refractivity contribution in [3.63, 3.8) is 0 Å². The molecule has 0 saturated heterocycles. The average molecular weight is 540 g/mol. The number of aryl methyl sites for hydroxylation is 2. The summed E-state index contributed by atoms with van der Waals surface area (Å²) in [6, 6.07) is 13.5. The third kappa shape index (κ3) is 6.15. The van der Waals surface area contributed by atoms with E-state index in [-0.39, 0.29) is 6.54 Å². The predicted molar refractivity (Wildman–Crippen MR) is 153 cm³/mol. The molecule has 204 valence electrons. The van der Waals surface area contributed by atoms with Crippen molar-refractivity contribution in [1.29, 1.82) is 0 Å². The van der Waals surface area contributed by atoms with Crippen molar-refractivity contribution in [2.24, 2.45) is 4.99 Å². The minimum atomic E-state index is -2.67. The highest BCUT2D eigenvalue weighted by Crippen LogP contribution is 2.33. The molecule has 0 bridgehead atoms. The van der Waals surface area contributed by atoms with Gasteiger partial charge in [-0.05, 0) is 75.2 Å². The Morgan fingerprint density at radius 1 is 0.900 bits per heavy atom. The summed E-state index contributed by atoms with van der Waals surface area (Å²) in [4.78, 5) is 15.9. The van der Waals surface area contributed by atoms with Crippen LogP contribution >= 0.6 is 0 Å². The maximum absolute atomic E-state index is 14.2. The lowest BCUT2D eigenvalue weighted by molar-refractivity contribution is 0.238. The lowest BCUT2D eigenvalue weighted by Gasteiger charge is -2.20. The molecule has 0 aliphatic carbocycles. The van der Waals surface area contributed by atoms with Gasteiger partial charge in [0.15, 0.2) is 0 Å². The first-order chi connectivity index (χ1) is 19.3. The van der Waals surface area contributed by atoms with Crippen molar-refractivity contribution in [3.8, 4) is 0 Å². The summed E-state index contributed by atoms with van der Waals surface area (Å²) in [6.45, 7) is 9.39. The standard InChI is InChI=1S/C29H31BF2N8/c1-20-13-22(3)35-28(20)27(29-21(2)14-23(4)40(29)30(31)32)19-39-18-26(36-37-39)17-38(15-24-9-5-7-11-33-24)16-25-10-6-8-12-34-25/h5-14,18H,15-17,19H2,1-4H3/b28-27-. The van der Waals surface area contributed by atoms with Gasteiger partial charge in [-0.25, -0.2) is 4.68 Å². The van der Waals surface area contributed by atoms with Crippen LogP contribution in [0.5, 0.6) is 0 Å². The fraction of sp³-hybridized carbons (Fsp3) is 0.276. The Bertz CT molecular complexity index is 1530. The monoisotopic (exact) mass is 540 g/mol. The molecule has 8 nitrogen and oxygen atoms in total. The van der Waals surface area contributed by atoms with Crippen LogP contribution in [-0.2, 0) is 26.2 Å². The quantitative estimate of drug-likeness (QED) is 0.256. The van der Waals surface area contributed by atoms with Crippen LogP contribution in [0, 0.1) is 13.8 Å². The van der Waals surface area contributed by atoms with Gasteiger partial charge in [-0.1, -0.05) is 17.3 Å². The zero-order valence-corrected chi connectivity index (χ0v) is 23.1. The van der Waals surface area contributed by atoms with E-state index < -0.39 is 7.40 Å². The first kappa shape index (κ1) is 27.3. The molecule has 11 heteroatoms. The van der Waals surface area contributed by atoms with Gasteiger partial charge in [0.25, 0.3) is 0 Å². The Morgan fingerprint density at radius 2 is 1.55 bits per heavy atom. The van der Waals surface area contributed by atoms with E-state index in [0.29, 0.717) is 42.3 Å². The summed E-state index contributed by atoms with van der Waals surface area (Å²) >= 11 is 0. The van der Waals surface area contributed by atoms with Crippen molar-refractivity contribution in [1.82, 2.24) is 34.3 Å². The van der Waals surface area contributed by atoms with Gasteiger partial charge in [0, 0.05) is 54.7 Å². The number of rotatable bonds is 10. The first-order valence-corrected chi connectivity index (χ1v) is 13.1. The maximum Gasteiger partial charge on any atom is 0.677 e. The van der Waals surface area contributed by atoms with Crippen LogP contribution in [0.4, 0.5) is 8.63 Å². The van der Waals surface area contributed by atoms with E-state index in [1.54, 1.807) is 30.1 Å². The number of pyridine rings is 2. The molecule has 0 saturated carbocycles. The summed E-state index contributed by atoms with van der Waals surface area (Å²) in [6.07, 6.45) is 7.39. The van der Waals surface area contributed by atoms with E-state index in [2.05, 4.69) is 25.2 Å². The second-order valence-corrected chi connectivity index (χ2v) is 10.1. The molecule has 1 aliphatic rings. The zero-order valence-electron chi connectivity index (χ0n) is 23.1. The lowest BCUT2D eigenvalue weighted by atomic mass is 10.0. The van der Waals surface area contributed by atoms with Crippen LogP contribution in [-0.4, -0.2) is 47.5 Å². The third-order valence-electron chi connectivity index (χ3n) is 6.79. The number of nitrogens with zero attached hydrogens (tertiary/aromatic N) is 8.